The molecule has 0 spiro atoms. The van der Waals surface area contributed by atoms with Gasteiger partial charge in [-0.15, -0.1) is 0 Å². The van der Waals surface area contributed by atoms with Crippen molar-refractivity contribution in [2.45, 2.75) is 76.8 Å². The molecular formula is C34H42N4O9S2. The molecule has 2 aliphatic heterocycles. The molecule has 15 heteroatoms. The van der Waals surface area contributed by atoms with Crippen LogP contribution in [0, 0.1) is 11.8 Å². The van der Waals surface area contributed by atoms with Crippen molar-refractivity contribution in [3.63, 3.8) is 0 Å². The van der Waals surface area contributed by atoms with E-state index in [0.717, 1.165) is 20.0 Å². The van der Waals surface area contributed by atoms with Crippen molar-refractivity contribution in [2.24, 2.45) is 11.8 Å². The highest BCUT2D eigenvalue weighted by atomic mass is 32.2. The number of para-hydroxylation sites is 2. The second-order valence-corrected chi connectivity index (χ2v) is 16.0. The summed E-state index contributed by atoms with van der Waals surface area (Å²) in [5.41, 5.74) is -0.439. The Morgan fingerprint density at radius 3 is 1.86 bits per heavy atom. The average Bonchev–Trinajstić information content (AvgIpc) is 3.00. The highest BCUT2D eigenvalue weighted by Gasteiger charge is 2.29. The summed E-state index contributed by atoms with van der Waals surface area (Å²) in [4.78, 5) is 37.9. The predicted octanol–water partition coefficient (Wildman–Crippen LogP) is 4.69. The van der Waals surface area contributed by atoms with E-state index in [-0.39, 0.29) is 59.0 Å². The Balaban J connectivity index is 0.000000254. The quantitative estimate of drug-likeness (QED) is 0.248. The molecule has 0 saturated heterocycles. The van der Waals surface area contributed by atoms with Crippen LogP contribution in [0.15, 0.2) is 84.4 Å². The van der Waals surface area contributed by atoms with E-state index in [0.29, 0.717) is 29.9 Å². The van der Waals surface area contributed by atoms with Crippen LogP contribution in [-0.4, -0.2) is 43.7 Å². The Hall–Kier alpha value is -4.63. The molecule has 0 aliphatic carbocycles. The van der Waals surface area contributed by atoms with E-state index < -0.39 is 42.8 Å². The molecule has 1 aromatic heterocycles. The van der Waals surface area contributed by atoms with Crippen molar-refractivity contribution in [2.75, 3.05) is 17.2 Å². The molecule has 13 nitrogen and oxygen atoms in total. The minimum atomic E-state index is -3.83. The third kappa shape index (κ3) is 8.70. The van der Waals surface area contributed by atoms with Crippen LogP contribution < -0.4 is 21.9 Å². The number of nitrogens with one attached hydrogen (secondary N) is 2. The monoisotopic (exact) mass is 714 g/mol. The fraction of sp³-hybridized carbons (Fsp3) is 0.382. The molecule has 0 atom stereocenters. The highest BCUT2D eigenvalue weighted by molar-refractivity contribution is 7.95. The first kappa shape index (κ1) is 37.2. The summed E-state index contributed by atoms with van der Waals surface area (Å²) >= 11 is 0. The summed E-state index contributed by atoms with van der Waals surface area (Å²) in [6, 6.07) is 12.9. The van der Waals surface area contributed by atoms with E-state index in [2.05, 4.69) is 10.6 Å². The van der Waals surface area contributed by atoms with Gasteiger partial charge in [0.05, 0.1) is 50.7 Å². The van der Waals surface area contributed by atoms with E-state index in [1.54, 1.807) is 43.3 Å². The van der Waals surface area contributed by atoms with Crippen molar-refractivity contribution in [1.29, 1.82) is 0 Å². The van der Waals surface area contributed by atoms with Crippen LogP contribution in [0.4, 0.5) is 11.4 Å². The molecule has 0 fully saturated rings. The standard InChI is InChI=1S/C22H29N3O5S.C12H13NO4S/c1-14(2)9-11-24-20(26)19(21(27)25(22(24)28)12-10-15(3)4)17-13-31(29,30)18-8-6-5-7-16(18)23-17;1-2-17-12(14)7-9-8-18(15,16)11-6-4-3-5-10(11)13-9/h5-8,13-15,23,26H,9-12H2,1-4H3;3-6,8,13H,2,7H2,1H3. The van der Waals surface area contributed by atoms with Crippen LogP contribution in [-0.2, 0) is 42.3 Å². The molecule has 0 saturated carbocycles. The minimum Gasteiger partial charge on any atom is -0.494 e. The van der Waals surface area contributed by atoms with Gasteiger partial charge in [0.2, 0.25) is 25.6 Å². The molecule has 2 aromatic carbocycles. The van der Waals surface area contributed by atoms with Gasteiger partial charge in [-0.25, -0.2) is 21.6 Å². The van der Waals surface area contributed by atoms with E-state index in [9.17, 15) is 36.3 Å². The second kappa shape index (κ2) is 15.3. The van der Waals surface area contributed by atoms with Gasteiger partial charge in [-0.1, -0.05) is 52.0 Å². The lowest BCUT2D eigenvalue weighted by Gasteiger charge is -2.22. The number of anilines is 2. The Morgan fingerprint density at radius 2 is 1.31 bits per heavy atom. The van der Waals surface area contributed by atoms with Crippen LogP contribution in [0.2, 0.25) is 0 Å². The molecule has 3 heterocycles. The first-order chi connectivity index (χ1) is 23.1. The van der Waals surface area contributed by atoms with Gasteiger partial charge < -0.3 is 20.5 Å². The summed E-state index contributed by atoms with van der Waals surface area (Å²) in [7, 11) is -7.32. The zero-order chi connectivity index (χ0) is 36.1. The van der Waals surface area contributed by atoms with Gasteiger partial charge in [0.1, 0.15) is 5.56 Å². The van der Waals surface area contributed by atoms with E-state index >= 15 is 0 Å². The molecule has 3 N–H and O–H groups in total. The van der Waals surface area contributed by atoms with E-state index in [1.165, 1.54) is 12.1 Å². The molecule has 2 aliphatic rings. The highest BCUT2D eigenvalue weighted by Crippen LogP contribution is 2.34. The maximum absolute atomic E-state index is 13.2. The lowest BCUT2D eigenvalue weighted by molar-refractivity contribution is -0.142. The topological polar surface area (TPSA) is 183 Å². The van der Waals surface area contributed by atoms with Gasteiger partial charge in [0, 0.05) is 18.8 Å². The number of rotatable bonds is 10. The number of carbonyl (C=O) groups is 1. The molecule has 0 amide bonds. The minimum absolute atomic E-state index is 0.0437. The fourth-order valence-corrected chi connectivity index (χ4v) is 7.80. The third-order valence-electron chi connectivity index (χ3n) is 7.69. The maximum Gasteiger partial charge on any atom is 0.333 e. The number of sulfone groups is 2. The molecule has 3 aromatic rings. The average molecular weight is 715 g/mol. The fourth-order valence-electron chi connectivity index (χ4n) is 5.15. The van der Waals surface area contributed by atoms with Crippen LogP contribution >= 0.6 is 0 Å². The van der Waals surface area contributed by atoms with Crippen molar-refractivity contribution in [3.8, 4) is 5.88 Å². The first-order valence-corrected chi connectivity index (χ1v) is 19.0. The number of esters is 1. The molecule has 0 unspecified atom stereocenters. The number of aromatic hydroxyl groups is 1. The van der Waals surface area contributed by atoms with Crippen molar-refractivity contribution >= 4 is 42.7 Å². The molecular weight excluding hydrogens is 673 g/mol. The number of aromatic nitrogens is 2. The third-order valence-corrected chi connectivity index (χ3v) is 10.8. The van der Waals surface area contributed by atoms with Crippen molar-refractivity contribution in [3.05, 3.63) is 91.4 Å². The smallest absolute Gasteiger partial charge is 0.333 e. The van der Waals surface area contributed by atoms with Crippen molar-refractivity contribution < 1.29 is 31.5 Å². The van der Waals surface area contributed by atoms with Crippen molar-refractivity contribution in [1.82, 2.24) is 9.13 Å². The van der Waals surface area contributed by atoms with Gasteiger partial charge in [0.25, 0.3) is 5.56 Å². The normalized spacial score (nSPS) is 15.4. The molecule has 0 radical (unpaired) electrons. The zero-order valence-electron chi connectivity index (χ0n) is 28.1. The number of hydrogen-bond donors (Lipinski definition) is 3. The first-order valence-electron chi connectivity index (χ1n) is 15.9. The number of carbonyl (C=O) groups excluding carboxylic acids is 1. The van der Waals surface area contributed by atoms with Gasteiger partial charge in [0.15, 0.2) is 0 Å². The summed E-state index contributed by atoms with van der Waals surface area (Å²) in [6.07, 6.45) is 1.13. The van der Waals surface area contributed by atoms with Gasteiger partial charge in [-0.05, 0) is 55.9 Å². The molecule has 49 heavy (non-hydrogen) atoms. The molecule has 0 bridgehead atoms. The number of hydrogen-bond acceptors (Lipinski definition) is 11. The van der Waals surface area contributed by atoms with Gasteiger partial charge in [-0.2, -0.15) is 0 Å². The SMILES string of the molecule is CC(C)CCn1c(O)c(C2=CS(=O)(=O)c3ccccc3N2)c(=O)n(CCC(C)C)c1=O.CCOC(=O)CC1=CS(=O)(=O)c2ccccc2N1. The predicted molar refractivity (Wildman–Crippen MR) is 187 cm³/mol. The van der Waals surface area contributed by atoms with Gasteiger partial charge >= 0.3 is 11.7 Å². The lowest BCUT2D eigenvalue weighted by atomic mass is 10.1. The van der Waals surface area contributed by atoms with Crippen LogP contribution in [0.25, 0.3) is 5.70 Å². The van der Waals surface area contributed by atoms with Crippen LogP contribution in [0.5, 0.6) is 5.88 Å². The number of fused-ring (bicyclic) bond motifs is 2. The van der Waals surface area contributed by atoms with Gasteiger partial charge in [-0.3, -0.25) is 18.7 Å². The lowest BCUT2D eigenvalue weighted by Crippen LogP contribution is -2.42. The second-order valence-electron chi connectivity index (χ2n) is 12.4. The zero-order valence-corrected chi connectivity index (χ0v) is 29.7. The summed E-state index contributed by atoms with van der Waals surface area (Å²) in [5, 5.41) is 18.8. The summed E-state index contributed by atoms with van der Waals surface area (Å²) in [5.74, 6) is -0.451. The van der Waals surface area contributed by atoms with E-state index in [1.807, 2.05) is 27.7 Å². The molecule has 5 rings (SSSR count). The Bertz CT molecular complexity index is 2130. The largest absolute Gasteiger partial charge is 0.494 e. The number of ether oxygens (including phenoxy) is 1. The summed E-state index contributed by atoms with van der Waals surface area (Å²) in [6.45, 7) is 10.3. The Kier molecular flexibility index (Phi) is 11.6. The maximum atomic E-state index is 13.2. The summed E-state index contributed by atoms with van der Waals surface area (Å²) < 4.78 is 56.5. The number of benzene rings is 2. The Morgan fingerprint density at radius 1 is 0.796 bits per heavy atom. The van der Waals surface area contributed by atoms with Crippen LogP contribution in [0.3, 0.4) is 0 Å². The van der Waals surface area contributed by atoms with Crippen LogP contribution in [0.1, 0.15) is 59.4 Å². The molecule has 264 valence electrons. The Labute approximate surface area is 285 Å². The number of nitrogens with zero attached hydrogens (tertiary/aromatic N) is 2. The van der Waals surface area contributed by atoms with E-state index in [4.69, 9.17) is 4.74 Å².